The summed E-state index contributed by atoms with van der Waals surface area (Å²) in [5.74, 6) is -0.323. The van der Waals surface area contributed by atoms with Crippen LogP contribution < -0.4 is 4.74 Å². The van der Waals surface area contributed by atoms with Gasteiger partial charge in [-0.15, -0.1) is 11.3 Å². The number of benzene rings is 1. The zero-order valence-electron chi connectivity index (χ0n) is 14.2. The van der Waals surface area contributed by atoms with Crippen molar-refractivity contribution in [3.05, 3.63) is 65.1 Å². The standard InChI is InChI=1S/C19H11ClF2N4OS/c20-15-11-5-7-27-14-2-1-6-23-16(14)17(11)28-18(15)19-24-9-25-26(19)13-4-3-10(21)8-12(13)22/h1-4,6,8-9H,5,7H2. The number of hydrogen-bond acceptors (Lipinski definition) is 5. The van der Waals surface area contributed by atoms with Gasteiger partial charge in [0.2, 0.25) is 0 Å². The summed E-state index contributed by atoms with van der Waals surface area (Å²) in [6.07, 6.45) is 3.62. The maximum atomic E-state index is 14.3. The largest absolute Gasteiger partial charge is 0.491 e. The van der Waals surface area contributed by atoms with Gasteiger partial charge in [0.15, 0.2) is 11.6 Å². The molecule has 140 valence electrons. The molecule has 0 N–H and O–H groups in total. The van der Waals surface area contributed by atoms with Crippen LogP contribution in [0, 0.1) is 11.6 Å². The third kappa shape index (κ3) is 2.68. The van der Waals surface area contributed by atoms with Crippen LogP contribution in [0.5, 0.6) is 5.75 Å². The Morgan fingerprint density at radius 1 is 1.14 bits per heavy atom. The Hall–Kier alpha value is -2.84. The quantitative estimate of drug-likeness (QED) is 0.465. The lowest BCUT2D eigenvalue weighted by Crippen LogP contribution is -2.03. The van der Waals surface area contributed by atoms with Crippen LogP contribution >= 0.6 is 22.9 Å². The SMILES string of the molecule is Fc1ccc(-n2ncnc2-c2sc3c(c2Cl)CCOc2cccnc2-3)c(F)c1. The molecule has 1 aliphatic heterocycles. The first kappa shape index (κ1) is 17.3. The number of nitrogens with zero attached hydrogens (tertiary/aromatic N) is 4. The van der Waals surface area contributed by atoms with Crippen LogP contribution in [0.1, 0.15) is 5.56 Å². The van der Waals surface area contributed by atoms with Gasteiger partial charge in [0.1, 0.15) is 29.3 Å². The number of aromatic nitrogens is 4. The summed E-state index contributed by atoms with van der Waals surface area (Å²) in [5, 5.41) is 4.63. The molecule has 4 heterocycles. The molecule has 0 aliphatic carbocycles. The number of fused-ring (bicyclic) bond motifs is 3. The second-order valence-corrected chi connectivity index (χ2v) is 7.49. The normalized spacial score (nSPS) is 12.8. The van der Waals surface area contributed by atoms with Gasteiger partial charge in [0, 0.05) is 18.7 Å². The van der Waals surface area contributed by atoms with Crippen molar-refractivity contribution in [1.82, 2.24) is 19.7 Å². The number of thiophene rings is 1. The molecule has 0 atom stereocenters. The van der Waals surface area contributed by atoms with Crippen LogP contribution in [0.15, 0.2) is 42.9 Å². The first-order valence-electron chi connectivity index (χ1n) is 8.38. The van der Waals surface area contributed by atoms with Gasteiger partial charge in [-0.1, -0.05) is 11.6 Å². The highest BCUT2D eigenvalue weighted by Gasteiger charge is 2.27. The molecule has 0 fully saturated rings. The topological polar surface area (TPSA) is 52.8 Å². The van der Waals surface area contributed by atoms with Crippen molar-refractivity contribution >= 4 is 22.9 Å². The molecule has 0 saturated carbocycles. The van der Waals surface area contributed by atoms with Gasteiger partial charge in [-0.05, 0) is 29.8 Å². The number of hydrogen-bond donors (Lipinski definition) is 0. The van der Waals surface area contributed by atoms with Gasteiger partial charge < -0.3 is 4.74 Å². The molecule has 0 unspecified atom stereocenters. The Labute approximate surface area is 167 Å². The molecule has 5 rings (SSSR count). The first-order valence-corrected chi connectivity index (χ1v) is 9.58. The van der Waals surface area contributed by atoms with Crippen LogP contribution in [0.3, 0.4) is 0 Å². The van der Waals surface area contributed by atoms with Crippen molar-refractivity contribution in [2.75, 3.05) is 6.61 Å². The van der Waals surface area contributed by atoms with Crippen LogP contribution in [-0.4, -0.2) is 26.4 Å². The molecule has 0 radical (unpaired) electrons. The molecular formula is C19H11ClF2N4OS. The molecule has 1 aromatic carbocycles. The summed E-state index contributed by atoms with van der Waals surface area (Å²) in [6.45, 7) is 0.473. The maximum absolute atomic E-state index is 14.3. The second kappa shape index (κ2) is 6.65. The summed E-state index contributed by atoms with van der Waals surface area (Å²) >= 11 is 8.09. The van der Waals surface area contributed by atoms with E-state index in [1.54, 1.807) is 6.20 Å². The number of pyridine rings is 1. The van der Waals surface area contributed by atoms with Gasteiger partial charge in [0.05, 0.1) is 21.4 Å². The predicted molar refractivity (Wildman–Crippen MR) is 102 cm³/mol. The summed E-state index contributed by atoms with van der Waals surface area (Å²) < 4.78 is 34.7. The van der Waals surface area contributed by atoms with Crippen molar-refractivity contribution in [3.63, 3.8) is 0 Å². The van der Waals surface area contributed by atoms with Gasteiger partial charge >= 0.3 is 0 Å². The molecule has 0 saturated heterocycles. The smallest absolute Gasteiger partial charge is 0.174 e. The summed E-state index contributed by atoms with van der Waals surface area (Å²) in [7, 11) is 0. The van der Waals surface area contributed by atoms with E-state index in [1.165, 1.54) is 34.5 Å². The Balaban J connectivity index is 1.69. The van der Waals surface area contributed by atoms with Crippen molar-refractivity contribution in [2.24, 2.45) is 0 Å². The molecule has 5 nitrogen and oxygen atoms in total. The van der Waals surface area contributed by atoms with E-state index in [-0.39, 0.29) is 5.69 Å². The van der Waals surface area contributed by atoms with Crippen LogP contribution in [0.25, 0.3) is 27.0 Å². The van der Waals surface area contributed by atoms with E-state index < -0.39 is 11.6 Å². The first-order chi connectivity index (χ1) is 13.6. The highest BCUT2D eigenvalue weighted by molar-refractivity contribution is 7.19. The molecule has 0 amide bonds. The van der Waals surface area contributed by atoms with E-state index in [1.807, 2.05) is 12.1 Å². The Morgan fingerprint density at radius 2 is 2.04 bits per heavy atom. The molecule has 3 aromatic heterocycles. The molecule has 0 spiro atoms. The Bertz CT molecular complexity index is 1210. The van der Waals surface area contributed by atoms with E-state index in [4.69, 9.17) is 16.3 Å². The van der Waals surface area contributed by atoms with E-state index in [9.17, 15) is 8.78 Å². The highest BCUT2D eigenvalue weighted by atomic mass is 35.5. The summed E-state index contributed by atoms with van der Waals surface area (Å²) in [5.41, 5.74) is 1.72. The van der Waals surface area contributed by atoms with Crippen LogP contribution in [0.2, 0.25) is 5.02 Å². The molecular weight excluding hydrogens is 406 g/mol. The number of halogens is 3. The van der Waals surface area contributed by atoms with E-state index in [0.29, 0.717) is 40.2 Å². The van der Waals surface area contributed by atoms with Gasteiger partial charge in [0.25, 0.3) is 0 Å². The highest BCUT2D eigenvalue weighted by Crippen LogP contribution is 2.47. The van der Waals surface area contributed by atoms with Gasteiger partial charge in [-0.2, -0.15) is 5.10 Å². The Kier molecular flexibility index (Phi) is 4.10. The minimum absolute atomic E-state index is 0.0930. The van der Waals surface area contributed by atoms with Crippen LogP contribution in [0.4, 0.5) is 8.78 Å². The zero-order valence-corrected chi connectivity index (χ0v) is 15.8. The van der Waals surface area contributed by atoms with Crippen molar-refractivity contribution in [3.8, 4) is 32.7 Å². The molecule has 4 aromatic rings. The fraction of sp³-hybridized carbons (Fsp3) is 0.105. The lowest BCUT2D eigenvalue weighted by molar-refractivity contribution is 0.325. The van der Waals surface area contributed by atoms with Crippen molar-refractivity contribution in [1.29, 1.82) is 0 Å². The fourth-order valence-electron chi connectivity index (χ4n) is 3.17. The minimum atomic E-state index is -0.735. The third-order valence-electron chi connectivity index (χ3n) is 4.43. The Morgan fingerprint density at radius 3 is 2.89 bits per heavy atom. The van der Waals surface area contributed by atoms with Crippen molar-refractivity contribution in [2.45, 2.75) is 6.42 Å². The lowest BCUT2D eigenvalue weighted by atomic mass is 10.1. The average Bonchev–Trinajstić information content (AvgIpc) is 3.22. The van der Waals surface area contributed by atoms with Crippen LogP contribution in [-0.2, 0) is 6.42 Å². The van der Waals surface area contributed by atoms with Gasteiger partial charge in [-0.25, -0.2) is 18.4 Å². The summed E-state index contributed by atoms with van der Waals surface area (Å²) in [4.78, 5) is 10.3. The molecule has 1 aliphatic rings. The monoisotopic (exact) mass is 416 g/mol. The minimum Gasteiger partial charge on any atom is -0.491 e. The fourth-order valence-corrected chi connectivity index (χ4v) is 4.84. The average molecular weight is 417 g/mol. The zero-order chi connectivity index (χ0) is 19.3. The lowest BCUT2D eigenvalue weighted by Gasteiger charge is -2.07. The van der Waals surface area contributed by atoms with Crippen molar-refractivity contribution < 1.29 is 13.5 Å². The van der Waals surface area contributed by atoms with E-state index >= 15 is 0 Å². The number of rotatable bonds is 2. The van der Waals surface area contributed by atoms with Gasteiger partial charge in [-0.3, -0.25) is 4.98 Å². The van der Waals surface area contributed by atoms with E-state index in [2.05, 4.69) is 15.1 Å². The molecule has 0 bridgehead atoms. The predicted octanol–water partition coefficient (Wildman–Crippen LogP) is 4.92. The second-order valence-electron chi connectivity index (χ2n) is 6.09. The molecule has 28 heavy (non-hydrogen) atoms. The number of ether oxygens (including phenoxy) is 1. The summed E-state index contributed by atoms with van der Waals surface area (Å²) in [6, 6.07) is 6.98. The third-order valence-corrected chi connectivity index (χ3v) is 6.19. The molecule has 9 heteroatoms. The maximum Gasteiger partial charge on any atom is 0.174 e. The van der Waals surface area contributed by atoms with E-state index in [0.717, 1.165) is 16.5 Å².